The van der Waals surface area contributed by atoms with Gasteiger partial charge in [-0.2, -0.15) is 10.4 Å². The lowest BCUT2D eigenvalue weighted by atomic mass is 10.1. The monoisotopic (exact) mass is 268 g/mol. The van der Waals surface area contributed by atoms with Crippen LogP contribution in [0.4, 0.5) is 5.82 Å². The highest BCUT2D eigenvalue weighted by Gasteiger charge is 2.33. The summed E-state index contributed by atoms with van der Waals surface area (Å²) in [7, 11) is 0. The first kappa shape index (κ1) is 12.9. The molecule has 0 aliphatic carbocycles. The number of carbonyl (C=O) groups is 1. The summed E-state index contributed by atoms with van der Waals surface area (Å²) in [5.41, 5.74) is 0.340. The van der Waals surface area contributed by atoms with Crippen LogP contribution in [0.3, 0.4) is 0 Å². The lowest BCUT2D eigenvalue weighted by Crippen LogP contribution is -2.28. The molecule has 1 fully saturated rings. The Bertz CT molecular complexity index is 494. The molecule has 0 bridgehead atoms. The highest BCUT2D eigenvalue weighted by Crippen LogP contribution is 2.28. The number of alkyl halides is 1. The van der Waals surface area contributed by atoms with Gasteiger partial charge in [-0.1, -0.05) is 0 Å². The van der Waals surface area contributed by atoms with E-state index in [2.05, 4.69) is 5.10 Å². The normalized spacial score (nSPS) is 19.3. The fourth-order valence-corrected chi connectivity index (χ4v) is 2.30. The van der Waals surface area contributed by atoms with Crippen LogP contribution in [0.2, 0.25) is 0 Å². The Morgan fingerprint density at radius 1 is 1.67 bits per heavy atom. The van der Waals surface area contributed by atoms with Gasteiger partial charge < -0.3 is 5.11 Å². The average Bonchev–Trinajstić information content (AvgIpc) is 2.92. The molecule has 1 aromatic heterocycles. The fourth-order valence-electron chi connectivity index (χ4n) is 2.09. The van der Waals surface area contributed by atoms with Crippen molar-refractivity contribution < 1.29 is 9.90 Å². The predicted octanol–water partition coefficient (Wildman–Crippen LogP) is 0.339. The molecule has 96 valence electrons. The molecular formula is C11H13ClN4O2. The number of aliphatic hydroxyl groups excluding tert-OH is 1. The zero-order valence-corrected chi connectivity index (χ0v) is 10.5. The van der Waals surface area contributed by atoms with E-state index in [1.54, 1.807) is 0 Å². The standard InChI is InChI=1S/C11H13ClN4O2/c12-4-8-3-10(18)15(7-8)11-9(5-13)6-14-16(11)1-2-17/h6,8,17H,1-4,7H2. The molecule has 0 radical (unpaired) electrons. The largest absolute Gasteiger partial charge is 0.394 e. The van der Waals surface area contributed by atoms with Gasteiger partial charge in [0.2, 0.25) is 5.91 Å². The Balaban J connectivity index is 2.35. The quantitative estimate of drug-likeness (QED) is 0.799. The number of hydrogen-bond acceptors (Lipinski definition) is 4. The third-order valence-corrected chi connectivity index (χ3v) is 3.36. The third-order valence-electron chi connectivity index (χ3n) is 2.92. The first-order chi connectivity index (χ1) is 8.71. The summed E-state index contributed by atoms with van der Waals surface area (Å²) in [4.78, 5) is 13.5. The van der Waals surface area contributed by atoms with Crippen molar-refractivity contribution in [1.29, 1.82) is 5.26 Å². The molecule has 2 heterocycles. The van der Waals surface area contributed by atoms with Crippen molar-refractivity contribution in [1.82, 2.24) is 9.78 Å². The number of halogens is 1. The van der Waals surface area contributed by atoms with Crippen LogP contribution >= 0.6 is 11.6 Å². The van der Waals surface area contributed by atoms with Gasteiger partial charge in [0.1, 0.15) is 11.6 Å². The zero-order chi connectivity index (χ0) is 13.1. The zero-order valence-electron chi connectivity index (χ0n) is 9.71. The molecule has 1 N–H and O–H groups in total. The molecule has 2 rings (SSSR count). The maximum atomic E-state index is 11.9. The topological polar surface area (TPSA) is 82.2 Å². The number of amides is 1. The Kier molecular flexibility index (Phi) is 3.84. The molecule has 1 atom stereocenters. The predicted molar refractivity (Wildman–Crippen MR) is 65.2 cm³/mol. The van der Waals surface area contributed by atoms with Crippen LogP contribution in [-0.2, 0) is 11.3 Å². The maximum absolute atomic E-state index is 11.9. The lowest BCUT2D eigenvalue weighted by molar-refractivity contribution is -0.117. The minimum absolute atomic E-state index is 0.0585. The van der Waals surface area contributed by atoms with Crippen molar-refractivity contribution in [3.63, 3.8) is 0 Å². The highest BCUT2D eigenvalue weighted by atomic mass is 35.5. The summed E-state index contributed by atoms with van der Waals surface area (Å²) in [6.45, 7) is 0.654. The van der Waals surface area contributed by atoms with Crippen LogP contribution in [0.15, 0.2) is 6.20 Å². The number of carbonyl (C=O) groups excluding carboxylic acids is 1. The molecule has 1 aliphatic heterocycles. The van der Waals surface area contributed by atoms with Gasteiger partial charge in [0.15, 0.2) is 5.82 Å². The minimum Gasteiger partial charge on any atom is -0.394 e. The van der Waals surface area contributed by atoms with Gasteiger partial charge in [-0.15, -0.1) is 11.6 Å². The summed E-state index contributed by atoms with van der Waals surface area (Å²) < 4.78 is 1.48. The molecule has 0 spiro atoms. The Morgan fingerprint density at radius 3 is 3.00 bits per heavy atom. The first-order valence-corrected chi connectivity index (χ1v) is 6.17. The molecule has 0 aromatic carbocycles. The van der Waals surface area contributed by atoms with Gasteiger partial charge in [0.25, 0.3) is 0 Å². The van der Waals surface area contributed by atoms with Crippen LogP contribution in [0, 0.1) is 17.2 Å². The third kappa shape index (κ3) is 2.19. The van der Waals surface area contributed by atoms with Gasteiger partial charge in [-0.3, -0.25) is 9.69 Å². The number of rotatable bonds is 4. The van der Waals surface area contributed by atoms with E-state index in [1.807, 2.05) is 6.07 Å². The molecular weight excluding hydrogens is 256 g/mol. The van der Waals surface area contributed by atoms with E-state index in [0.717, 1.165) is 0 Å². The molecule has 7 heteroatoms. The van der Waals surface area contributed by atoms with Gasteiger partial charge in [0, 0.05) is 18.8 Å². The van der Waals surface area contributed by atoms with Crippen LogP contribution in [0.5, 0.6) is 0 Å². The number of hydrogen-bond donors (Lipinski definition) is 1. The van der Waals surface area contributed by atoms with E-state index in [-0.39, 0.29) is 25.0 Å². The van der Waals surface area contributed by atoms with Crippen LogP contribution in [-0.4, -0.2) is 39.8 Å². The van der Waals surface area contributed by atoms with Crippen molar-refractivity contribution in [3.8, 4) is 6.07 Å². The number of aromatic nitrogens is 2. The van der Waals surface area contributed by atoms with Crippen molar-refractivity contribution in [2.45, 2.75) is 13.0 Å². The molecule has 0 saturated carbocycles. The molecule has 1 aromatic rings. The summed E-state index contributed by atoms with van der Waals surface area (Å²) >= 11 is 5.77. The number of anilines is 1. The van der Waals surface area contributed by atoms with E-state index in [0.29, 0.717) is 30.2 Å². The van der Waals surface area contributed by atoms with Gasteiger partial charge >= 0.3 is 0 Å². The number of aliphatic hydroxyl groups is 1. The molecule has 6 nitrogen and oxygen atoms in total. The molecule has 18 heavy (non-hydrogen) atoms. The van der Waals surface area contributed by atoms with Gasteiger partial charge in [-0.25, -0.2) is 4.68 Å². The molecule has 1 aliphatic rings. The minimum atomic E-state index is -0.0967. The second-order valence-corrected chi connectivity index (χ2v) is 4.48. The van der Waals surface area contributed by atoms with E-state index in [1.165, 1.54) is 15.8 Å². The molecule has 1 unspecified atom stereocenters. The second kappa shape index (κ2) is 5.38. The van der Waals surface area contributed by atoms with Crippen molar-refractivity contribution in [2.75, 3.05) is 23.9 Å². The Labute approximate surface area is 109 Å². The van der Waals surface area contributed by atoms with Crippen LogP contribution < -0.4 is 4.90 Å². The second-order valence-electron chi connectivity index (χ2n) is 4.17. The van der Waals surface area contributed by atoms with Crippen molar-refractivity contribution in [3.05, 3.63) is 11.8 Å². The van der Waals surface area contributed by atoms with Crippen LogP contribution in [0.1, 0.15) is 12.0 Å². The average molecular weight is 269 g/mol. The number of nitrogens with zero attached hydrogens (tertiary/aromatic N) is 4. The molecule has 1 saturated heterocycles. The SMILES string of the molecule is N#Cc1cnn(CCO)c1N1CC(CCl)CC1=O. The van der Waals surface area contributed by atoms with E-state index < -0.39 is 0 Å². The van der Waals surface area contributed by atoms with E-state index in [9.17, 15) is 4.79 Å². The summed E-state index contributed by atoms with van der Waals surface area (Å²) in [6, 6.07) is 2.01. The summed E-state index contributed by atoms with van der Waals surface area (Å²) in [6.07, 6.45) is 1.80. The van der Waals surface area contributed by atoms with E-state index in [4.69, 9.17) is 22.0 Å². The first-order valence-electron chi connectivity index (χ1n) is 5.64. The lowest BCUT2D eigenvalue weighted by Gasteiger charge is -2.18. The maximum Gasteiger partial charge on any atom is 0.228 e. The Hall–Kier alpha value is -1.58. The fraction of sp³-hybridized carbons (Fsp3) is 0.545. The van der Waals surface area contributed by atoms with Crippen LogP contribution in [0.25, 0.3) is 0 Å². The van der Waals surface area contributed by atoms with Gasteiger partial charge in [0.05, 0.1) is 19.3 Å². The summed E-state index contributed by atoms with van der Waals surface area (Å²) in [5.74, 6) is 0.919. The van der Waals surface area contributed by atoms with Crippen molar-refractivity contribution >= 4 is 23.3 Å². The van der Waals surface area contributed by atoms with Crippen molar-refractivity contribution in [2.24, 2.45) is 5.92 Å². The van der Waals surface area contributed by atoms with E-state index >= 15 is 0 Å². The summed E-state index contributed by atoms with van der Waals surface area (Å²) in [5, 5.41) is 22.0. The molecule has 1 amide bonds. The highest BCUT2D eigenvalue weighted by molar-refractivity contribution is 6.18. The number of nitriles is 1. The Morgan fingerprint density at radius 2 is 2.44 bits per heavy atom. The van der Waals surface area contributed by atoms with Gasteiger partial charge in [-0.05, 0) is 5.92 Å². The smallest absolute Gasteiger partial charge is 0.228 e.